The highest BCUT2D eigenvalue weighted by atomic mass is 16.3. The van der Waals surface area contributed by atoms with E-state index in [1.807, 2.05) is 30.3 Å². The van der Waals surface area contributed by atoms with Crippen molar-refractivity contribution in [1.29, 1.82) is 0 Å². The van der Waals surface area contributed by atoms with Crippen LogP contribution in [0.1, 0.15) is 40.3 Å². The summed E-state index contributed by atoms with van der Waals surface area (Å²) >= 11 is 0. The number of hydrogen-bond acceptors (Lipinski definition) is 1. The van der Waals surface area contributed by atoms with Crippen LogP contribution in [0.2, 0.25) is 0 Å². The van der Waals surface area contributed by atoms with E-state index in [9.17, 15) is 5.11 Å². The Morgan fingerprint density at radius 2 is 1.53 bits per heavy atom. The minimum Gasteiger partial charge on any atom is -0.388 e. The molecule has 0 aromatic heterocycles. The number of hydrogen-bond donors (Lipinski definition) is 1. The molecule has 100 valence electrons. The number of aliphatic hydroxyl groups is 1. The van der Waals surface area contributed by atoms with Crippen molar-refractivity contribution >= 4 is 0 Å². The maximum absolute atomic E-state index is 10.2. The molecule has 1 heteroatoms. The van der Waals surface area contributed by atoms with Crippen molar-refractivity contribution in [3.8, 4) is 0 Å². The Hall–Kier alpha value is -1.60. The molecule has 2 aromatic rings. The van der Waals surface area contributed by atoms with Crippen LogP contribution in [0.15, 0.2) is 42.5 Å². The van der Waals surface area contributed by atoms with Gasteiger partial charge >= 0.3 is 0 Å². The molecule has 1 nitrogen and oxygen atoms in total. The minimum absolute atomic E-state index is 0.374. The fourth-order valence-corrected chi connectivity index (χ4v) is 2.73. The van der Waals surface area contributed by atoms with E-state index in [0.29, 0.717) is 0 Å². The molecule has 0 radical (unpaired) electrons. The van der Waals surface area contributed by atoms with Gasteiger partial charge in [-0.3, -0.25) is 0 Å². The third kappa shape index (κ3) is 3.45. The van der Waals surface area contributed by atoms with Gasteiger partial charge in [-0.15, -0.1) is 0 Å². The van der Waals surface area contributed by atoms with Crippen LogP contribution >= 0.6 is 0 Å². The van der Waals surface area contributed by atoms with Gasteiger partial charge in [0.05, 0.1) is 6.10 Å². The molecule has 0 aliphatic carbocycles. The molecule has 0 heterocycles. The van der Waals surface area contributed by atoms with Gasteiger partial charge in [0.2, 0.25) is 0 Å². The van der Waals surface area contributed by atoms with Gasteiger partial charge in [0.1, 0.15) is 0 Å². The molecule has 0 fully saturated rings. The standard InChI is InChI=1S/C18H22O/c1-13-11-14(2)17(15(3)12-13)9-10-18(19)16-7-5-4-6-8-16/h4-8,11-12,18-19H,9-10H2,1-3H3. The van der Waals surface area contributed by atoms with Gasteiger partial charge in [-0.1, -0.05) is 48.0 Å². The zero-order valence-corrected chi connectivity index (χ0v) is 12.0. The van der Waals surface area contributed by atoms with Gasteiger partial charge in [0.15, 0.2) is 0 Å². The molecule has 2 aromatic carbocycles. The lowest BCUT2D eigenvalue weighted by molar-refractivity contribution is 0.168. The summed E-state index contributed by atoms with van der Waals surface area (Å²) in [6.07, 6.45) is 1.32. The maximum Gasteiger partial charge on any atom is 0.0793 e. The van der Waals surface area contributed by atoms with Crippen molar-refractivity contribution in [1.82, 2.24) is 0 Å². The number of benzene rings is 2. The summed E-state index contributed by atoms with van der Waals surface area (Å²) in [4.78, 5) is 0. The van der Waals surface area contributed by atoms with E-state index >= 15 is 0 Å². The Balaban J connectivity index is 2.07. The van der Waals surface area contributed by atoms with Crippen molar-refractivity contribution in [2.75, 3.05) is 0 Å². The van der Waals surface area contributed by atoms with E-state index in [1.165, 1.54) is 22.3 Å². The Bertz CT molecular complexity index is 520. The molecule has 0 saturated heterocycles. The first-order chi connectivity index (χ1) is 9.08. The largest absolute Gasteiger partial charge is 0.388 e. The summed E-state index contributed by atoms with van der Waals surface area (Å²) in [7, 11) is 0. The van der Waals surface area contributed by atoms with Crippen LogP contribution in [-0.4, -0.2) is 5.11 Å². The second-order valence-electron chi connectivity index (χ2n) is 5.34. The Morgan fingerprint density at radius 3 is 2.11 bits per heavy atom. The molecule has 1 atom stereocenters. The van der Waals surface area contributed by atoms with E-state index in [4.69, 9.17) is 0 Å². The number of aliphatic hydroxyl groups excluding tert-OH is 1. The maximum atomic E-state index is 10.2. The van der Waals surface area contributed by atoms with Crippen LogP contribution in [0.3, 0.4) is 0 Å². The van der Waals surface area contributed by atoms with Gasteiger partial charge in [0.25, 0.3) is 0 Å². The molecule has 0 spiro atoms. The zero-order chi connectivity index (χ0) is 13.8. The highest BCUT2D eigenvalue weighted by Gasteiger charge is 2.10. The predicted octanol–water partition coefficient (Wildman–Crippen LogP) is 4.28. The summed E-state index contributed by atoms with van der Waals surface area (Å²) in [5.41, 5.74) is 6.35. The average molecular weight is 254 g/mol. The first-order valence-corrected chi connectivity index (χ1v) is 6.87. The van der Waals surface area contributed by atoms with Crippen molar-refractivity contribution in [3.05, 3.63) is 70.3 Å². The molecule has 1 unspecified atom stereocenters. The van der Waals surface area contributed by atoms with Gasteiger partial charge in [-0.05, 0) is 55.9 Å². The van der Waals surface area contributed by atoms with Gasteiger partial charge in [0, 0.05) is 0 Å². The summed E-state index contributed by atoms with van der Waals surface area (Å²) in [6.45, 7) is 6.44. The van der Waals surface area contributed by atoms with Crippen LogP contribution in [0, 0.1) is 20.8 Å². The quantitative estimate of drug-likeness (QED) is 0.863. The topological polar surface area (TPSA) is 20.2 Å². The lowest BCUT2D eigenvalue weighted by atomic mass is 9.94. The smallest absolute Gasteiger partial charge is 0.0793 e. The summed E-state index contributed by atoms with van der Waals surface area (Å²) in [5, 5.41) is 10.2. The first kappa shape index (κ1) is 13.8. The van der Waals surface area contributed by atoms with E-state index in [-0.39, 0.29) is 6.10 Å². The minimum atomic E-state index is -0.374. The van der Waals surface area contributed by atoms with Crippen LogP contribution < -0.4 is 0 Å². The van der Waals surface area contributed by atoms with E-state index in [2.05, 4.69) is 32.9 Å². The molecule has 0 aliphatic rings. The Morgan fingerprint density at radius 1 is 0.947 bits per heavy atom. The zero-order valence-electron chi connectivity index (χ0n) is 12.0. The van der Waals surface area contributed by atoms with Crippen molar-refractivity contribution < 1.29 is 5.11 Å². The fraction of sp³-hybridized carbons (Fsp3) is 0.333. The van der Waals surface area contributed by atoms with Crippen LogP contribution in [0.5, 0.6) is 0 Å². The van der Waals surface area contributed by atoms with E-state index < -0.39 is 0 Å². The van der Waals surface area contributed by atoms with Gasteiger partial charge in [-0.25, -0.2) is 0 Å². The first-order valence-electron chi connectivity index (χ1n) is 6.87. The molecule has 2 rings (SSSR count). The molecule has 0 bridgehead atoms. The van der Waals surface area contributed by atoms with E-state index in [1.54, 1.807) is 0 Å². The Labute approximate surface area is 115 Å². The normalized spacial score (nSPS) is 12.4. The monoisotopic (exact) mass is 254 g/mol. The van der Waals surface area contributed by atoms with Gasteiger partial charge in [-0.2, -0.15) is 0 Å². The molecule has 0 amide bonds. The second-order valence-corrected chi connectivity index (χ2v) is 5.34. The van der Waals surface area contributed by atoms with Crippen LogP contribution in [0.25, 0.3) is 0 Å². The predicted molar refractivity (Wildman–Crippen MR) is 80.4 cm³/mol. The second kappa shape index (κ2) is 6.03. The Kier molecular flexibility index (Phi) is 4.39. The SMILES string of the molecule is Cc1cc(C)c(CCC(O)c2ccccc2)c(C)c1. The summed E-state index contributed by atoms with van der Waals surface area (Å²) < 4.78 is 0. The van der Waals surface area contributed by atoms with Gasteiger partial charge < -0.3 is 5.11 Å². The molecule has 19 heavy (non-hydrogen) atoms. The number of rotatable bonds is 4. The lowest BCUT2D eigenvalue weighted by Crippen LogP contribution is -2.02. The number of aryl methyl sites for hydroxylation is 3. The summed E-state index contributed by atoms with van der Waals surface area (Å²) in [5.74, 6) is 0. The highest BCUT2D eigenvalue weighted by Crippen LogP contribution is 2.23. The molecular weight excluding hydrogens is 232 g/mol. The summed E-state index contributed by atoms with van der Waals surface area (Å²) in [6, 6.07) is 14.3. The van der Waals surface area contributed by atoms with Crippen molar-refractivity contribution in [3.63, 3.8) is 0 Å². The third-order valence-electron chi connectivity index (χ3n) is 3.69. The average Bonchev–Trinajstić information content (AvgIpc) is 2.38. The molecule has 1 N–H and O–H groups in total. The lowest BCUT2D eigenvalue weighted by Gasteiger charge is -2.14. The van der Waals surface area contributed by atoms with Crippen molar-refractivity contribution in [2.45, 2.75) is 39.7 Å². The molecule has 0 aliphatic heterocycles. The fourth-order valence-electron chi connectivity index (χ4n) is 2.73. The molecule has 0 saturated carbocycles. The van der Waals surface area contributed by atoms with Crippen molar-refractivity contribution in [2.24, 2.45) is 0 Å². The molecular formula is C18H22O. The third-order valence-corrected chi connectivity index (χ3v) is 3.69. The van der Waals surface area contributed by atoms with E-state index in [0.717, 1.165) is 18.4 Å². The van der Waals surface area contributed by atoms with Crippen LogP contribution in [0.4, 0.5) is 0 Å². The van der Waals surface area contributed by atoms with Crippen LogP contribution in [-0.2, 0) is 6.42 Å². The highest BCUT2D eigenvalue weighted by molar-refractivity contribution is 5.37.